The summed E-state index contributed by atoms with van der Waals surface area (Å²) in [5.74, 6) is -0.623. The SMILES string of the molecule is Cn1cccc(CN2C(=O)c3cccc(Br)c3S2(=O)=O)c1=O. The van der Waals surface area contributed by atoms with Crippen LogP contribution in [0.2, 0.25) is 0 Å². The highest BCUT2D eigenvalue weighted by Gasteiger charge is 2.42. The summed E-state index contributed by atoms with van der Waals surface area (Å²) >= 11 is 3.17. The summed E-state index contributed by atoms with van der Waals surface area (Å²) in [7, 11) is -2.40. The summed E-state index contributed by atoms with van der Waals surface area (Å²) in [6.07, 6.45) is 1.57. The van der Waals surface area contributed by atoms with Gasteiger partial charge >= 0.3 is 0 Å². The van der Waals surface area contributed by atoms with E-state index < -0.39 is 15.9 Å². The predicted molar refractivity (Wildman–Crippen MR) is 82.9 cm³/mol. The molecule has 0 atom stereocenters. The maximum atomic E-state index is 12.6. The normalized spacial score (nSPS) is 15.9. The molecule has 1 aliphatic rings. The maximum Gasteiger partial charge on any atom is 0.269 e. The summed E-state index contributed by atoms with van der Waals surface area (Å²) in [5, 5.41) is 0. The van der Waals surface area contributed by atoms with Crippen LogP contribution in [0.15, 0.2) is 50.7 Å². The minimum atomic E-state index is -3.97. The van der Waals surface area contributed by atoms with E-state index >= 15 is 0 Å². The van der Waals surface area contributed by atoms with Crippen LogP contribution in [0.25, 0.3) is 0 Å². The molecule has 0 radical (unpaired) electrons. The average Bonchev–Trinajstić information content (AvgIpc) is 2.65. The number of carbonyl (C=O) groups is 1. The summed E-state index contributed by atoms with van der Waals surface area (Å²) < 4.78 is 27.6. The number of sulfonamides is 1. The smallest absolute Gasteiger partial charge is 0.269 e. The standard InChI is InChI=1S/C14H11BrN2O4S/c1-16-7-3-4-9(13(16)18)8-17-14(19)10-5-2-6-11(15)12(10)22(17,20)21/h2-7H,8H2,1H3. The molecule has 22 heavy (non-hydrogen) atoms. The second-order valence-corrected chi connectivity index (χ2v) is 7.54. The van der Waals surface area contributed by atoms with Gasteiger partial charge in [0.2, 0.25) is 0 Å². The Labute approximate surface area is 135 Å². The van der Waals surface area contributed by atoms with Gasteiger partial charge in [-0.15, -0.1) is 0 Å². The number of aryl methyl sites for hydroxylation is 1. The van der Waals surface area contributed by atoms with Crippen molar-refractivity contribution >= 4 is 31.9 Å². The number of rotatable bonds is 2. The highest BCUT2D eigenvalue weighted by molar-refractivity contribution is 9.10. The van der Waals surface area contributed by atoms with Gasteiger partial charge in [-0.2, -0.15) is 0 Å². The number of hydrogen-bond donors (Lipinski definition) is 0. The van der Waals surface area contributed by atoms with Gasteiger partial charge in [-0.05, 0) is 34.1 Å². The molecule has 8 heteroatoms. The van der Waals surface area contributed by atoms with E-state index in [0.29, 0.717) is 4.47 Å². The Morgan fingerprint density at radius 2 is 1.86 bits per heavy atom. The lowest BCUT2D eigenvalue weighted by Crippen LogP contribution is -2.33. The summed E-state index contributed by atoms with van der Waals surface area (Å²) in [5.41, 5.74) is 0.0218. The molecule has 6 nitrogen and oxygen atoms in total. The van der Waals surface area contributed by atoms with E-state index in [0.717, 1.165) is 4.31 Å². The van der Waals surface area contributed by atoms with Crippen LogP contribution < -0.4 is 5.56 Å². The first kappa shape index (κ1) is 15.0. The lowest BCUT2D eigenvalue weighted by molar-refractivity contribution is 0.0864. The molecule has 0 unspecified atom stereocenters. The molecule has 0 spiro atoms. The molecule has 0 fully saturated rings. The molecule has 3 rings (SSSR count). The van der Waals surface area contributed by atoms with Crippen LogP contribution in [-0.2, 0) is 23.6 Å². The molecule has 0 saturated carbocycles. The van der Waals surface area contributed by atoms with Crippen molar-refractivity contribution in [2.24, 2.45) is 7.05 Å². The Balaban J connectivity index is 2.11. The van der Waals surface area contributed by atoms with Gasteiger partial charge in [0.05, 0.1) is 12.1 Å². The Hall–Kier alpha value is -1.93. The van der Waals surface area contributed by atoms with Gasteiger partial charge in [0.25, 0.3) is 21.5 Å². The summed E-state index contributed by atoms with van der Waals surface area (Å²) in [6.45, 7) is -0.282. The van der Waals surface area contributed by atoms with E-state index in [2.05, 4.69) is 15.9 Å². The van der Waals surface area contributed by atoms with E-state index in [4.69, 9.17) is 0 Å². The second kappa shape index (κ2) is 5.06. The number of benzene rings is 1. The highest BCUT2D eigenvalue weighted by Crippen LogP contribution is 2.36. The number of amides is 1. The first-order valence-electron chi connectivity index (χ1n) is 6.34. The van der Waals surface area contributed by atoms with Crippen LogP contribution in [-0.4, -0.2) is 23.2 Å². The summed E-state index contributed by atoms with van der Waals surface area (Å²) in [4.78, 5) is 24.4. The van der Waals surface area contributed by atoms with Gasteiger partial charge in [-0.3, -0.25) is 9.59 Å². The number of aromatic nitrogens is 1. The Bertz CT molecular complexity index is 950. The number of carbonyl (C=O) groups excluding carboxylic acids is 1. The predicted octanol–water partition coefficient (Wildman–Crippen LogP) is 1.49. The van der Waals surface area contributed by atoms with Crippen molar-refractivity contribution in [2.45, 2.75) is 11.4 Å². The monoisotopic (exact) mass is 382 g/mol. The van der Waals surface area contributed by atoms with E-state index in [1.54, 1.807) is 31.4 Å². The third kappa shape index (κ3) is 2.10. The topological polar surface area (TPSA) is 76.5 Å². The van der Waals surface area contributed by atoms with Crippen molar-refractivity contribution in [1.29, 1.82) is 0 Å². The Morgan fingerprint density at radius 3 is 2.55 bits per heavy atom. The third-order valence-corrected chi connectivity index (χ3v) is 6.24. The summed E-state index contributed by atoms with van der Waals surface area (Å²) in [6, 6.07) is 7.77. The number of fused-ring (bicyclic) bond motifs is 1. The van der Waals surface area contributed by atoms with Crippen LogP contribution in [0, 0.1) is 0 Å². The van der Waals surface area contributed by atoms with Gasteiger partial charge < -0.3 is 4.57 Å². The molecule has 1 amide bonds. The zero-order valence-corrected chi connectivity index (χ0v) is 13.9. The molecule has 1 aromatic heterocycles. The van der Waals surface area contributed by atoms with E-state index in [1.807, 2.05) is 0 Å². The lowest BCUT2D eigenvalue weighted by Gasteiger charge is -2.15. The fourth-order valence-electron chi connectivity index (χ4n) is 2.38. The maximum absolute atomic E-state index is 12.6. The number of hydrogen-bond acceptors (Lipinski definition) is 4. The molecule has 1 aliphatic heterocycles. The average molecular weight is 383 g/mol. The molecule has 1 aromatic carbocycles. The first-order valence-corrected chi connectivity index (χ1v) is 8.57. The van der Waals surface area contributed by atoms with Gasteiger partial charge in [0.15, 0.2) is 0 Å². The van der Waals surface area contributed by atoms with E-state index in [9.17, 15) is 18.0 Å². The van der Waals surface area contributed by atoms with Crippen molar-refractivity contribution in [2.75, 3.05) is 0 Å². The molecule has 0 saturated heterocycles. The van der Waals surface area contributed by atoms with Gasteiger partial charge in [-0.1, -0.05) is 12.1 Å². The zero-order valence-electron chi connectivity index (χ0n) is 11.5. The van der Waals surface area contributed by atoms with Gasteiger partial charge in [0, 0.05) is 23.3 Å². The fourth-order valence-corrected chi connectivity index (χ4v) is 4.95. The van der Waals surface area contributed by atoms with Crippen LogP contribution in [0.3, 0.4) is 0 Å². The first-order chi connectivity index (χ1) is 10.3. The van der Waals surface area contributed by atoms with Crippen molar-refractivity contribution in [3.05, 3.63) is 62.5 Å². The molecule has 2 heterocycles. The fraction of sp³-hybridized carbons (Fsp3) is 0.143. The quantitative estimate of drug-likeness (QED) is 0.788. The second-order valence-electron chi connectivity index (χ2n) is 4.88. The molecular formula is C14H11BrN2O4S. The molecular weight excluding hydrogens is 372 g/mol. The Morgan fingerprint density at radius 1 is 1.14 bits per heavy atom. The molecule has 0 bridgehead atoms. The van der Waals surface area contributed by atoms with E-state index in [-0.39, 0.29) is 28.1 Å². The van der Waals surface area contributed by atoms with Crippen molar-refractivity contribution < 1.29 is 13.2 Å². The molecule has 0 N–H and O–H groups in total. The van der Waals surface area contributed by atoms with Crippen LogP contribution in [0.5, 0.6) is 0 Å². The number of nitrogens with zero attached hydrogens (tertiary/aromatic N) is 2. The zero-order chi connectivity index (χ0) is 16.1. The highest BCUT2D eigenvalue weighted by atomic mass is 79.9. The van der Waals surface area contributed by atoms with Crippen LogP contribution in [0.4, 0.5) is 0 Å². The lowest BCUT2D eigenvalue weighted by atomic mass is 10.2. The van der Waals surface area contributed by atoms with Gasteiger partial charge in [0.1, 0.15) is 4.90 Å². The Kier molecular flexibility index (Phi) is 3.45. The van der Waals surface area contributed by atoms with Crippen molar-refractivity contribution in [1.82, 2.24) is 8.87 Å². The number of pyridine rings is 1. The molecule has 2 aromatic rings. The van der Waals surface area contributed by atoms with Gasteiger partial charge in [-0.25, -0.2) is 12.7 Å². The molecule has 0 aliphatic carbocycles. The number of halogens is 1. The van der Waals surface area contributed by atoms with E-state index in [1.165, 1.54) is 16.7 Å². The minimum Gasteiger partial charge on any atom is -0.318 e. The van der Waals surface area contributed by atoms with Crippen molar-refractivity contribution in [3.63, 3.8) is 0 Å². The largest absolute Gasteiger partial charge is 0.318 e. The third-order valence-electron chi connectivity index (χ3n) is 3.49. The van der Waals surface area contributed by atoms with Crippen LogP contribution in [0.1, 0.15) is 15.9 Å². The van der Waals surface area contributed by atoms with Crippen LogP contribution >= 0.6 is 15.9 Å². The van der Waals surface area contributed by atoms with Crippen molar-refractivity contribution in [3.8, 4) is 0 Å². The minimum absolute atomic E-state index is 0.0484. The molecule has 114 valence electrons.